The van der Waals surface area contributed by atoms with E-state index in [1.165, 1.54) is 47.7 Å². The first-order valence-electron chi connectivity index (χ1n) is 5.99. The SMILES string of the molecule is NCc1ccc2ccc3c(c2n1)CCCC3. The predicted octanol–water partition coefficient (Wildman–Crippen LogP) is 2.57. The maximum absolute atomic E-state index is 5.65. The highest BCUT2D eigenvalue weighted by Gasteiger charge is 2.13. The number of aryl methyl sites for hydroxylation is 2. The van der Waals surface area contributed by atoms with Gasteiger partial charge in [0, 0.05) is 11.9 Å². The van der Waals surface area contributed by atoms with Crippen molar-refractivity contribution < 1.29 is 0 Å². The van der Waals surface area contributed by atoms with Crippen LogP contribution in [0.1, 0.15) is 29.7 Å². The lowest BCUT2D eigenvalue weighted by atomic mass is 9.89. The number of aromatic nitrogens is 1. The molecule has 0 saturated heterocycles. The minimum atomic E-state index is 0.527. The molecule has 0 atom stereocenters. The summed E-state index contributed by atoms with van der Waals surface area (Å²) in [6.45, 7) is 0.527. The molecule has 3 rings (SSSR count). The number of pyridine rings is 1. The summed E-state index contributed by atoms with van der Waals surface area (Å²) in [7, 11) is 0. The molecule has 0 fully saturated rings. The maximum atomic E-state index is 5.65. The van der Waals surface area contributed by atoms with E-state index in [1.54, 1.807) is 0 Å². The number of fused-ring (bicyclic) bond motifs is 3. The normalized spacial score (nSPS) is 15.1. The van der Waals surface area contributed by atoms with Gasteiger partial charge in [-0.3, -0.25) is 4.98 Å². The van der Waals surface area contributed by atoms with Crippen LogP contribution in [0.15, 0.2) is 24.3 Å². The summed E-state index contributed by atoms with van der Waals surface area (Å²) in [6.07, 6.45) is 4.99. The van der Waals surface area contributed by atoms with Crippen LogP contribution in [0, 0.1) is 0 Å². The third kappa shape index (κ3) is 1.50. The van der Waals surface area contributed by atoms with E-state index in [-0.39, 0.29) is 0 Å². The summed E-state index contributed by atoms with van der Waals surface area (Å²) < 4.78 is 0. The van der Waals surface area contributed by atoms with Gasteiger partial charge in [-0.15, -0.1) is 0 Å². The number of nitrogens with zero attached hydrogens (tertiary/aromatic N) is 1. The summed E-state index contributed by atoms with van der Waals surface area (Å²) in [5, 5.41) is 1.25. The third-order valence-electron chi connectivity index (χ3n) is 3.45. The Morgan fingerprint density at radius 3 is 2.75 bits per heavy atom. The van der Waals surface area contributed by atoms with Gasteiger partial charge in [-0.2, -0.15) is 0 Å². The molecule has 0 spiro atoms. The van der Waals surface area contributed by atoms with Gasteiger partial charge in [-0.1, -0.05) is 18.2 Å². The van der Waals surface area contributed by atoms with Gasteiger partial charge in [0.15, 0.2) is 0 Å². The van der Waals surface area contributed by atoms with Crippen molar-refractivity contribution >= 4 is 10.9 Å². The lowest BCUT2D eigenvalue weighted by Crippen LogP contribution is -2.06. The zero-order chi connectivity index (χ0) is 11.0. The Hall–Kier alpha value is -1.41. The molecule has 0 amide bonds. The third-order valence-corrected chi connectivity index (χ3v) is 3.45. The molecule has 0 unspecified atom stereocenters. The summed E-state index contributed by atoms with van der Waals surface area (Å²) in [6, 6.07) is 8.62. The second kappa shape index (κ2) is 3.87. The second-order valence-corrected chi connectivity index (χ2v) is 4.49. The van der Waals surface area contributed by atoms with Crippen LogP contribution < -0.4 is 5.73 Å². The molecule has 16 heavy (non-hydrogen) atoms. The smallest absolute Gasteiger partial charge is 0.0740 e. The second-order valence-electron chi connectivity index (χ2n) is 4.49. The van der Waals surface area contributed by atoms with E-state index in [0.717, 1.165) is 5.69 Å². The molecule has 1 aliphatic rings. The first-order chi connectivity index (χ1) is 7.88. The summed E-state index contributed by atoms with van der Waals surface area (Å²) in [5.41, 5.74) is 10.8. The van der Waals surface area contributed by atoms with E-state index in [4.69, 9.17) is 5.73 Å². The molecule has 0 radical (unpaired) electrons. The van der Waals surface area contributed by atoms with Crippen LogP contribution in [0.5, 0.6) is 0 Å². The fourth-order valence-electron chi connectivity index (χ4n) is 2.57. The van der Waals surface area contributed by atoms with Gasteiger partial charge < -0.3 is 5.73 Å². The zero-order valence-electron chi connectivity index (χ0n) is 9.37. The van der Waals surface area contributed by atoms with Crippen molar-refractivity contribution in [3.8, 4) is 0 Å². The minimum absolute atomic E-state index is 0.527. The molecule has 2 aromatic rings. The Morgan fingerprint density at radius 2 is 1.88 bits per heavy atom. The molecule has 2 N–H and O–H groups in total. The standard InChI is InChI=1S/C14H16N2/c15-9-12-8-7-11-6-5-10-3-1-2-4-13(10)14(11)16-12/h5-8H,1-4,9,15H2. The lowest BCUT2D eigenvalue weighted by Gasteiger charge is -2.17. The van der Waals surface area contributed by atoms with E-state index in [1.807, 2.05) is 6.07 Å². The highest BCUT2D eigenvalue weighted by atomic mass is 14.7. The molecule has 0 saturated carbocycles. The number of benzene rings is 1. The van der Waals surface area contributed by atoms with E-state index in [2.05, 4.69) is 23.2 Å². The molecule has 1 aromatic heterocycles. The monoisotopic (exact) mass is 212 g/mol. The number of hydrogen-bond donors (Lipinski definition) is 1. The van der Waals surface area contributed by atoms with Crippen molar-refractivity contribution in [3.63, 3.8) is 0 Å². The van der Waals surface area contributed by atoms with Gasteiger partial charge in [0.05, 0.1) is 11.2 Å². The lowest BCUT2D eigenvalue weighted by molar-refractivity contribution is 0.688. The summed E-state index contributed by atoms with van der Waals surface area (Å²) >= 11 is 0. The summed E-state index contributed by atoms with van der Waals surface area (Å²) in [5.74, 6) is 0. The van der Waals surface area contributed by atoms with Gasteiger partial charge in [0.25, 0.3) is 0 Å². The van der Waals surface area contributed by atoms with Gasteiger partial charge >= 0.3 is 0 Å². The molecular weight excluding hydrogens is 196 g/mol. The Kier molecular flexibility index (Phi) is 2.37. The van der Waals surface area contributed by atoms with E-state index >= 15 is 0 Å². The molecule has 1 heterocycles. The van der Waals surface area contributed by atoms with E-state index in [0.29, 0.717) is 6.54 Å². The van der Waals surface area contributed by atoms with Crippen LogP contribution >= 0.6 is 0 Å². The van der Waals surface area contributed by atoms with Crippen LogP contribution in [0.25, 0.3) is 10.9 Å². The quantitative estimate of drug-likeness (QED) is 0.789. The highest BCUT2D eigenvalue weighted by Crippen LogP contribution is 2.27. The van der Waals surface area contributed by atoms with Gasteiger partial charge in [-0.25, -0.2) is 0 Å². The Bertz CT molecular complexity index is 526. The summed E-state index contributed by atoms with van der Waals surface area (Å²) in [4.78, 5) is 4.68. The van der Waals surface area contributed by atoms with Gasteiger partial charge in [0.2, 0.25) is 0 Å². The fraction of sp³-hybridized carbons (Fsp3) is 0.357. The topological polar surface area (TPSA) is 38.9 Å². The van der Waals surface area contributed by atoms with E-state index in [9.17, 15) is 0 Å². The fourth-order valence-corrected chi connectivity index (χ4v) is 2.57. The molecule has 2 nitrogen and oxygen atoms in total. The van der Waals surface area contributed by atoms with Crippen LogP contribution in [0.4, 0.5) is 0 Å². The molecule has 2 heteroatoms. The molecule has 82 valence electrons. The van der Waals surface area contributed by atoms with Crippen LogP contribution in [-0.4, -0.2) is 4.98 Å². The predicted molar refractivity (Wildman–Crippen MR) is 66.3 cm³/mol. The average Bonchev–Trinajstić information content (AvgIpc) is 2.38. The number of nitrogens with two attached hydrogens (primary N) is 1. The van der Waals surface area contributed by atoms with Crippen molar-refractivity contribution in [2.45, 2.75) is 32.2 Å². The van der Waals surface area contributed by atoms with Crippen molar-refractivity contribution in [3.05, 3.63) is 41.1 Å². The molecule has 0 bridgehead atoms. The first-order valence-corrected chi connectivity index (χ1v) is 5.99. The highest BCUT2D eigenvalue weighted by molar-refractivity contribution is 5.83. The van der Waals surface area contributed by atoms with Gasteiger partial charge in [-0.05, 0) is 42.9 Å². The molecular formula is C14H16N2. The van der Waals surface area contributed by atoms with Crippen molar-refractivity contribution in [1.29, 1.82) is 0 Å². The molecule has 1 aromatic carbocycles. The maximum Gasteiger partial charge on any atom is 0.0740 e. The number of hydrogen-bond acceptors (Lipinski definition) is 2. The largest absolute Gasteiger partial charge is 0.325 e. The van der Waals surface area contributed by atoms with Crippen molar-refractivity contribution in [1.82, 2.24) is 4.98 Å². The molecule has 1 aliphatic carbocycles. The Balaban J connectivity index is 2.27. The minimum Gasteiger partial charge on any atom is -0.325 e. The van der Waals surface area contributed by atoms with E-state index < -0.39 is 0 Å². The first kappa shape index (κ1) is 9.79. The van der Waals surface area contributed by atoms with Crippen LogP contribution in [0.2, 0.25) is 0 Å². The number of rotatable bonds is 1. The average molecular weight is 212 g/mol. The molecule has 0 aliphatic heterocycles. The van der Waals surface area contributed by atoms with Crippen LogP contribution in [0.3, 0.4) is 0 Å². The van der Waals surface area contributed by atoms with Gasteiger partial charge in [0.1, 0.15) is 0 Å². The van der Waals surface area contributed by atoms with Crippen LogP contribution in [-0.2, 0) is 19.4 Å². The zero-order valence-corrected chi connectivity index (χ0v) is 9.37. The van der Waals surface area contributed by atoms with Crippen molar-refractivity contribution in [2.24, 2.45) is 5.73 Å². The Labute approximate surface area is 95.5 Å². The van der Waals surface area contributed by atoms with Crippen molar-refractivity contribution in [2.75, 3.05) is 0 Å². The Morgan fingerprint density at radius 1 is 1.06 bits per heavy atom.